The van der Waals surface area contributed by atoms with Crippen LogP contribution in [-0.4, -0.2) is 54.7 Å². The molecule has 2 unspecified atom stereocenters. The van der Waals surface area contributed by atoms with Gasteiger partial charge in [0.05, 0.1) is 18.8 Å². The zero-order chi connectivity index (χ0) is 28.1. The van der Waals surface area contributed by atoms with E-state index in [1.54, 1.807) is 44.2 Å². The molecule has 0 aliphatic carbocycles. The third kappa shape index (κ3) is 9.40. The lowest BCUT2D eigenvalue weighted by atomic mass is 9.87. The first-order valence-electron chi connectivity index (χ1n) is 12.2. The monoisotopic (exact) mass is 531 g/mol. The number of carboxylic acids is 1. The fourth-order valence-corrected chi connectivity index (χ4v) is 3.42. The normalized spacial score (nSPS) is 12.9. The van der Waals surface area contributed by atoms with Crippen molar-refractivity contribution in [2.24, 2.45) is 5.73 Å². The molecule has 0 bridgehead atoms. The van der Waals surface area contributed by atoms with Gasteiger partial charge in [-0.15, -0.1) is 0 Å². The molecule has 0 heterocycles. The highest BCUT2D eigenvalue weighted by Gasteiger charge is 2.30. The van der Waals surface area contributed by atoms with Crippen molar-refractivity contribution in [3.63, 3.8) is 0 Å². The number of carbonyl (C=O) groups excluding carboxylic acids is 3. The predicted octanol–water partition coefficient (Wildman–Crippen LogP) is 4.67. The van der Waals surface area contributed by atoms with Crippen molar-refractivity contribution in [1.82, 2.24) is 0 Å². The minimum absolute atomic E-state index is 0.0322. The first-order valence-corrected chi connectivity index (χ1v) is 12.2. The Morgan fingerprint density at radius 2 is 1.45 bits per heavy atom. The Morgan fingerprint density at radius 3 is 2.00 bits per heavy atom. The van der Waals surface area contributed by atoms with Crippen molar-refractivity contribution in [1.29, 1.82) is 0 Å². The highest BCUT2D eigenvalue weighted by atomic mass is 16.7. The molecule has 0 saturated heterocycles. The number of aliphatic carboxylic acids is 1. The summed E-state index contributed by atoms with van der Waals surface area (Å²) in [4.78, 5) is 48.4. The summed E-state index contributed by atoms with van der Waals surface area (Å²) in [5.41, 5.74) is 6.68. The SMILES string of the molecule is CCCOC(=O)Oc1ccc(C(CC(C)OC(=O)c2ccccc2)[C@H](N)C(=O)O)cc1OC(=O)OCCC. The van der Waals surface area contributed by atoms with E-state index in [1.807, 2.05) is 6.92 Å². The first-order chi connectivity index (χ1) is 18.2. The fourth-order valence-electron chi connectivity index (χ4n) is 3.42. The van der Waals surface area contributed by atoms with Gasteiger partial charge in [-0.25, -0.2) is 14.4 Å². The molecule has 206 valence electrons. The van der Waals surface area contributed by atoms with Crippen LogP contribution in [0.1, 0.15) is 61.9 Å². The summed E-state index contributed by atoms with van der Waals surface area (Å²) in [6.45, 7) is 5.45. The molecule has 38 heavy (non-hydrogen) atoms. The van der Waals surface area contributed by atoms with Gasteiger partial charge < -0.3 is 34.5 Å². The van der Waals surface area contributed by atoms with Crippen LogP contribution in [0.15, 0.2) is 48.5 Å². The van der Waals surface area contributed by atoms with Crippen molar-refractivity contribution in [2.45, 2.75) is 58.1 Å². The molecule has 0 amide bonds. The van der Waals surface area contributed by atoms with Crippen molar-refractivity contribution >= 4 is 24.2 Å². The molecule has 3 atom stereocenters. The van der Waals surface area contributed by atoms with Gasteiger partial charge >= 0.3 is 24.2 Å². The Bertz CT molecular complexity index is 1090. The Kier molecular flexibility index (Phi) is 12.0. The molecule has 11 heteroatoms. The maximum atomic E-state index is 12.5. The van der Waals surface area contributed by atoms with E-state index in [0.29, 0.717) is 24.0 Å². The molecule has 0 aliphatic heterocycles. The summed E-state index contributed by atoms with van der Waals surface area (Å²) in [6.07, 6.45) is -1.62. The number of esters is 1. The van der Waals surface area contributed by atoms with Gasteiger partial charge in [-0.3, -0.25) is 4.79 Å². The predicted molar refractivity (Wildman–Crippen MR) is 135 cm³/mol. The zero-order valence-electron chi connectivity index (χ0n) is 21.6. The maximum Gasteiger partial charge on any atom is 0.513 e. The molecule has 0 spiro atoms. The standard InChI is InChI=1S/C27H33NO10/c1-4-13-34-26(32)37-21-12-11-19(16-22(21)38-27(33)35-14-5-2)20(23(28)24(29)30)15-17(3)36-25(31)18-9-7-6-8-10-18/h6-12,16-17,20,23H,4-5,13-15,28H2,1-3H3,(H,29,30)/t17?,20?,23-/m0/s1. The van der Waals surface area contributed by atoms with Gasteiger partial charge in [0.2, 0.25) is 0 Å². The van der Waals surface area contributed by atoms with E-state index in [4.69, 9.17) is 29.4 Å². The smallest absolute Gasteiger partial charge is 0.480 e. The second-order valence-electron chi connectivity index (χ2n) is 8.40. The lowest BCUT2D eigenvalue weighted by Crippen LogP contribution is -2.38. The largest absolute Gasteiger partial charge is 0.513 e. The second kappa shape index (κ2) is 15.2. The van der Waals surface area contributed by atoms with E-state index in [0.717, 1.165) is 0 Å². The molecular weight excluding hydrogens is 498 g/mol. The van der Waals surface area contributed by atoms with Gasteiger partial charge in [-0.2, -0.15) is 0 Å². The van der Waals surface area contributed by atoms with E-state index >= 15 is 0 Å². The quantitative estimate of drug-likeness (QED) is 0.210. The third-order valence-electron chi connectivity index (χ3n) is 5.25. The van der Waals surface area contributed by atoms with E-state index in [2.05, 4.69) is 0 Å². The fraction of sp³-hybridized carbons (Fsp3) is 0.407. The van der Waals surface area contributed by atoms with Crippen molar-refractivity contribution in [2.75, 3.05) is 13.2 Å². The molecule has 0 radical (unpaired) electrons. The van der Waals surface area contributed by atoms with Crippen LogP contribution in [-0.2, 0) is 19.0 Å². The van der Waals surface area contributed by atoms with Crippen LogP contribution in [0.2, 0.25) is 0 Å². The maximum absolute atomic E-state index is 12.5. The number of carbonyl (C=O) groups is 4. The summed E-state index contributed by atoms with van der Waals surface area (Å²) < 4.78 is 25.8. The topological polar surface area (TPSA) is 161 Å². The average Bonchev–Trinajstić information content (AvgIpc) is 2.90. The summed E-state index contributed by atoms with van der Waals surface area (Å²) in [5.74, 6) is -3.08. The number of nitrogens with two attached hydrogens (primary N) is 1. The number of ether oxygens (including phenoxy) is 5. The molecule has 2 rings (SSSR count). The summed E-state index contributed by atoms with van der Waals surface area (Å²) in [6, 6.07) is 11.1. The Morgan fingerprint density at radius 1 is 0.868 bits per heavy atom. The van der Waals surface area contributed by atoms with Gasteiger partial charge in [0.15, 0.2) is 11.5 Å². The highest BCUT2D eigenvalue weighted by Crippen LogP contribution is 2.35. The zero-order valence-corrected chi connectivity index (χ0v) is 21.6. The Labute approximate surface area is 220 Å². The van der Waals surface area contributed by atoms with E-state index in [9.17, 15) is 24.3 Å². The van der Waals surface area contributed by atoms with Gasteiger partial charge in [0.1, 0.15) is 12.1 Å². The van der Waals surface area contributed by atoms with Gasteiger partial charge in [-0.1, -0.05) is 38.1 Å². The van der Waals surface area contributed by atoms with Crippen LogP contribution in [0, 0.1) is 0 Å². The number of hydrogen-bond acceptors (Lipinski definition) is 10. The second-order valence-corrected chi connectivity index (χ2v) is 8.40. The number of carboxylic acid groups (broad SMARTS) is 1. The van der Waals surface area contributed by atoms with Crippen molar-refractivity contribution in [3.05, 3.63) is 59.7 Å². The van der Waals surface area contributed by atoms with E-state index in [1.165, 1.54) is 18.2 Å². The number of rotatable bonds is 13. The lowest BCUT2D eigenvalue weighted by Gasteiger charge is -2.25. The Hall–Kier alpha value is -4.12. The lowest BCUT2D eigenvalue weighted by molar-refractivity contribution is -0.139. The summed E-state index contributed by atoms with van der Waals surface area (Å²) in [5, 5.41) is 9.63. The molecule has 0 aromatic heterocycles. The molecule has 2 aromatic rings. The van der Waals surface area contributed by atoms with E-state index < -0.39 is 42.3 Å². The summed E-state index contributed by atoms with van der Waals surface area (Å²) >= 11 is 0. The van der Waals surface area contributed by atoms with E-state index in [-0.39, 0.29) is 31.1 Å². The molecule has 2 aromatic carbocycles. The van der Waals surface area contributed by atoms with Crippen LogP contribution >= 0.6 is 0 Å². The van der Waals surface area contributed by atoms with Crippen LogP contribution in [0.4, 0.5) is 9.59 Å². The van der Waals surface area contributed by atoms with Gasteiger partial charge in [0.25, 0.3) is 0 Å². The van der Waals surface area contributed by atoms with Crippen molar-refractivity contribution in [3.8, 4) is 11.5 Å². The molecule has 0 saturated carbocycles. The molecule has 0 aliphatic rings. The number of hydrogen-bond donors (Lipinski definition) is 2. The highest BCUT2D eigenvalue weighted by molar-refractivity contribution is 5.89. The average molecular weight is 532 g/mol. The molecule has 11 nitrogen and oxygen atoms in total. The molecule has 3 N–H and O–H groups in total. The number of benzene rings is 2. The van der Waals surface area contributed by atoms with Crippen LogP contribution in [0.3, 0.4) is 0 Å². The van der Waals surface area contributed by atoms with Gasteiger partial charge in [-0.05, 0) is 56.0 Å². The Balaban J connectivity index is 2.33. The molecular formula is C27H33NO10. The molecule has 0 fully saturated rings. The minimum atomic E-state index is -1.39. The summed E-state index contributed by atoms with van der Waals surface area (Å²) in [7, 11) is 0. The van der Waals surface area contributed by atoms with Crippen LogP contribution in [0.5, 0.6) is 11.5 Å². The van der Waals surface area contributed by atoms with Gasteiger partial charge in [0, 0.05) is 5.92 Å². The first kappa shape index (κ1) is 30.1. The van der Waals surface area contributed by atoms with Crippen molar-refractivity contribution < 1.29 is 48.0 Å². The van der Waals surface area contributed by atoms with Crippen LogP contribution in [0.25, 0.3) is 0 Å². The van der Waals surface area contributed by atoms with Crippen LogP contribution < -0.4 is 15.2 Å². The third-order valence-corrected chi connectivity index (χ3v) is 5.25. The minimum Gasteiger partial charge on any atom is -0.480 e.